The summed E-state index contributed by atoms with van der Waals surface area (Å²) in [5.41, 5.74) is 2.22. The Bertz CT molecular complexity index is 656. The minimum absolute atomic E-state index is 0.0196. The van der Waals surface area contributed by atoms with Crippen molar-refractivity contribution in [3.05, 3.63) is 58.6 Å². The van der Waals surface area contributed by atoms with E-state index in [9.17, 15) is 4.79 Å². The highest BCUT2D eigenvalue weighted by Crippen LogP contribution is 2.24. The second-order valence-corrected chi connectivity index (χ2v) is 5.64. The molecule has 0 atom stereocenters. The van der Waals surface area contributed by atoms with Crippen molar-refractivity contribution in [2.75, 3.05) is 19.8 Å². The van der Waals surface area contributed by atoms with Gasteiger partial charge in [-0.05, 0) is 43.7 Å². The molecule has 122 valence electrons. The van der Waals surface area contributed by atoms with E-state index < -0.39 is 0 Å². The number of halogens is 1. The minimum Gasteiger partial charge on any atom is -0.490 e. The van der Waals surface area contributed by atoms with Crippen molar-refractivity contribution >= 4 is 17.5 Å². The van der Waals surface area contributed by atoms with E-state index in [1.165, 1.54) is 0 Å². The predicted octanol–water partition coefficient (Wildman–Crippen LogP) is 3.53. The van der Waals surface area contributed by atoms with E-state index in [0.717, 1.165) is 11.1 Å². The van der Waals surface area contributed by atoms with Crippen molar-refractivity contribution < 1.29 is 14.3 Å². The molecule has 0 unspecified atom stereocenters. The molecular weight excluding hydrogens is 314 g/mol. The van der Waals surface area contributed by atoms with E-state index in [1.807, 2.05) is 50.2 Å². The molecule has 0 aliphatic heterocycles. The highest BCUT2D eigenvalue weighted by molar-refractivity contribution is 6.32. The molecule has 1 N–H and O–H groups in total. The fourth-order valence-electron chi connectivity index (χ4n) is 1.91. The van der Waals surface area contributed by atoms with Crippen molar-refractivity contribution in [1.82, 2.24) is 5.32 Å². The maximum atomic E-state index is 11.7. The van der Waals surface area contributed by atoms with Crippen LogP contribution >= 0.6 is 11.6 Å². The van der Waals surface area contributed by atoms with Crippen LogP contribution in [0.1, 0.15) is 11.1 Å². The molecule has 23 heavy (non-hydrogen) atoms. The van der Waals surface area contributed by atoms with Crippen molar-refractivity contribution in [3.8, 4) is 11.5 Å². The third-order valence-corrected chi connectivity index (χ3v) is 3.47. The smallest absolute Gasteiger partial charge is 0.258 e. The zero-order valence-corrected chi connectivity index (χ0v) is 14.0. The molecule has 2 aromatic carbocycles. The van der Waals surface area contributed by atoms with Crippen LogP contribution in [0.15, 0.2) is 42.5 Å². The Balaban J connectivity index is 1.66. The predicted molar refractivity (Wildman–Crippen MR) is 91.4 cm³/mol. The number of hydrogen-bond acceptors (Lipinski definition) is 3. The molecule has 0 aliphatic carbocycles. The van der Waals surface area contributed by atoms with Gasteiger partial charge in [-0.1, -0.05) is 35.4 Å². The van der Waals surface area contributed by atoms with Crippen LogP contribution in [0.2, 0.25) is 5.02 Å². The number of carbonyl (C=O) groups is 1. The molecule has 0 bridgehead atoms. The average molecular weight is 334 g/mol. The van der Waals surface area contributed by atoms with Gasteiger partial charge in [0.05, 0.1) is 11.6 Å². The number of hydrogen-bond donors (Lipinski definition) is 1. The summed E-state index contributed by atoms with van der Waals surface area (Å²) in [6, 6.07) is 13.1. The third kappa shape index (κ3) is 5.83. The molecule has 2 rings (SSSR count). The minimum atomic E-state index is -0.190. The Hall–Kier alpha value is -2.20. The summed E-state index contributed by atoms with van der Waals surface area (Å²) >= 11 is 6.03. The Morgan fingerprint density at radius 2 is 1.74 bits per heavy atom. The normalized spacial score (nSPS) is 10.2. The topological polar surface area (TPSA) is 47.6 Å². The standard InChI is InChI=1S/C18H20ClNO3/c1-13-3-6-15(7-4-13)23-12-18(21)20-9-10-22-17-11-14(2)5-8-16(17)19/h3-8,11H,9-10,12H2,1-2H3,(H,20,21). The Labute approximate surface area is 141 Å². The Morgan fingerprint density at radius 3 is 2.48 bits per heavy atom. The summed E-state index contributed by atoms with van der Waals surface area (Å²) < 4.78 is 11.0. The summed E-state index contributed by atoms with van der Waals surface area (Å²) in [5, 5.41) is 3.30. The van der Waals surface area contributed by atoms with Crippen molar-refractivity contribution in [3.63, 3.8) is 0 Å². The van der Waals surface area contributed by atoms with E-state index in [4.69, 9.17) is 21.1 Å². The van der Waals surface area contributed by atoms with Gasteiger partial charge in [-0.3, -0.25) is 4.79 Å². The summed E-state index contributed by atoms with van der Waals surface area (Å²) in [7, 11) is 0. The molecule has 0 heterocycles. The molecule has 0 saturated heterocycles. The Kier molecular flexibility index (Phi) is 6.29. The number of benzene rings is 2. The van der Waals surface area contributed by atoms with Crippen molar-refractivity contribution in [2.24, 2.45) is 0 Å². The number of aryl methyl sites for hydroxylation is 2. The molecule has 5 heteroatoms. The fraction of sp³-hybridized carbons (Fsp3) is 0.278. The first-order valence-electron chi connectivity index (χ1n) is 7.40. The zero-order chi connectivity index (χ0) is 16.7. The molecule has 0 fully saturated rings. The van der Waals surface area contributed by atoms with Crippen LogP contribution in [-0.2, 0) is 4.79 Å². The number of rotatable bonds is 7. The molecule has 0 spiro atoms. The van der Waals surface area contributed by atoms with E-state index in [0.29, 0.717) is 29.7 Å². The third-order valence-electron chi connectivity index (χ3n) is 3.16. The summed E-state index contributed by atoms with van der Waals surface area (Å²) in [5.74, 6) is 1.11. The summed E-state index contributed by atoms with van der Waals surface area (Å²) in [4.78, 5) is 11.7. The maximum Gasteiger partial charge on any atom is 0.258 e. The van der Waals surface area contributed by atoms with Gasteiger partial charge in [0.2, 0.25) is 0 Å². The summed E-state index contributed by atoms with van der Waals surface area (Å²) in [6.45, 7) is 4.68. The second-order valence-electron chi connectivity index (χ2n) is 5.23. The van der Waals surface area contributed by atoms with E-state index >= 15 is 0 Å². The molecule has 1 amide bonds. The van der Waals surface area contributed by atoms with Crippen LogP contribution in [0.3, 0.4) is 0 Å². The number of ether oxygens (including phenoxy) is 2. The van der Waals surface area contributed by atoms with Gasteiger partial charge in [-0.2, -0.15) is 0 Å². The molecule has 0 aromatic heterocycles. The van der Waals surface area contributed by atoms with Gasteiger partial charge < -0.3 is 14.8 Å². The highest BCUT2D eigenvalue weighted by atomic mass is 35.5. The lowest BCUT2D eigenvalue weighted by molar-refractivity contribution is -0.123. The van der Waals surface area contributed by atoms with Crippen molar-refractivity contribution in [2.45, 2.75) is 13.8 Å². The quantitative estimate of drug-likeness (QED) is 0.788. The molecule has 0 radical (unpaired) electrons. The SMILES string of the molecule is Cc1ccc(OCC(=O)NCCOc2cc(C)ccc2Cl)cc1. The lowest BCUT2D eigenvalue weighted by Crippen LogP contribution is -2.32. The second kappa shape index (κ2) is 8.44. The van der Waals surface area contributed by atoms with Gasteiger partial charge in [-0.25, -0.2) is 0 Å². The van der Waals surface area contributed by atoms with Crippen LogP contribution in [-0.4, -0.2) is 25.7 Å². The van der Waals surface area contributed by atoms with Gasteiger partial charge in [0.1, 0.15) is 18.1 Å². The lowest BCUT2D eigenvalue weighted by Gasteiger charge is -2.10. The first-order chi connectivity index (χ1) is 11.0. The maximum absolute atomic E-state index is 11.7. The van der Waals surface area contributed by atoms with Crippen LogP contribution in [0.5, 0.6) is 11.5 Å². The zero-order valence-electron chi connectivity index (χ0n) is 13.3. The molecular formula is C18H20ClNO3. The molecule has 0 saturated carbocycles. The van der Waals surface area contributed by atoms with Gasteiger partial charge in [-0.15, -0.1) is 0 Å². The average Bonchev–Trinajstić information content (AvgIpc) is 2.54. The van der Waals surface area contributed by atoms with E-state index in [-0.39, 0.29) is 12.5 Å². The van der Waals surface area contributed by atoms with Crippen molar-refractivity contribution in [1.29, 1.82) is 0 Å². The van der Waals surface area contributed by atoms with Gasteiger partial charge in [0.15, 0.2) is 6.61 Å². The fourth-order valence-corrected chi connectivity index (χ4v) is 2.08. The molecule has 0 aliphatic rings. The molecule has 4 nitrogen and oxygen atoms in total. The first kappa shape index (κ1) is 17.2. The van der Waals surface area contributed by atoms with Crippen LogP contribution < -0.4 is 14.8 Å². The van der Waals surface area contributed by atoms with Crippen LogP contribution in [0.4, 0.5) is 0 Å². The number of amides is 1. The van der Waals surface area contributed by atoms with E-state index in [2.05, 4.69) is 5.32 Å². The summed E-state index contributed by atoms with van der Waals surface area (Å²) in [6.07, 6.45) is 0. The van der Waals surface area contributed by atoms with Gasteiger partial charge >= 0.3 is 0 Å². The number of nitrogens with one attached hydrogen (secondary N) is 1. The first-order valence-corrected chi connectivity index (χ1v) is 7.77. The van der Waals surface area contributed by atoms with Crippen LogP contribution in [0, 0.1) is 13.8 Å². The van der Waals surface area contributed by atoms with Crippen LogP contribution in [0.25, 0.3) is 0 Å². The highest BCUT2D eigenvalue weighted by Gasteiger charge is 2.04. The van der Waals surface area contributed by atoms with E-state index in [1.54, 1.807) is 6.07 Å². The lowest BCUT2D eigenvalue weighted by atomic mass is 10.2. The largest absolute Gasteiger partial charge is 0.490 e. The Morgan fingerprint density at radius 1 is 1.04 bits per heavy atom. The molecule has 2 aromatic rings. The van der Waals surface area contributed by atoms with Gasteiger partial charge in [0.25, 0.3) is 5.91 Å². The monoisotopic (exact) mass is 333 g/mol. The van der Waals surface area contributed by atoms with Gasteiger partial charge in [0, 0.05) is 0 Å². The number of carbonyl (C=O) groups excluding carboxylic acids is 1.